The van der Waals surface area contributed by atoms with Crippen LogP contribution in [0.5, 0.6) is 5.75 Å². The molecule has 3 rings (SSSR count). The third-order valence-corrected chi connectivity index (χ3v) is 4.18. The van der Waals surface area contributed by atoms with E-state index in [9.17, 15) is 0 Å². The first-order chi connectivity index (χ1) is 10.9. The zero-order chi connectivity index (χ0) is 16.4. The molecule has 2 aromatic carbocycles. The Labute approximate surface area is 143 Å². The van der Waals surface area contributed by atoms with Gasteiger partial charge < -0.3 is 15.4 Å². The smallest absolute Gasteiger partial charge is 0.171 e. The summed E-state index contributed by atoms with van der Waals surface area (Å²) in [6.45, 7) is 6.28. The number of thiocarbonyl (C=S) groups is 1. The number of hydrogen-bond acceptors (Lipinski definition) is 2. The fourth-order valence-electron chi connectivity index (χ4n) is 2.98. The highest BCUT2D eigenvalue weighted by molar-refractivity contribution is 7.80. The predicted molar refractivity (Wildman–Crippen MR) is 99.0 cm³/mol. The minimum Gasteiger partial charge on any atom is -0.487 e. The van der Waals surface area contributed by atoms with Crippen LogP contribution in [0.15, 0.2) is 48.5 Å². The van der Waals surface area contributed by atoms with Crippen LogP contribution in [-0.4, -0.2) is 10.7 Å². The van der Waals surface area contributed by atoms with Gasteiger partial charge in [0.05, 0.1) is 6.04 Å². The molecule has 2 N–H and O–H groups in total. The molecule has 0 saturated heterocycles. The molecule has 1 aliphatic rings. The Morgan fingerprint density at radius 1 is 1.17 bits per heavy atom. The first-order valence-electron chi connectivity index (χ1n) is 7.85. The molecule has 3 nitrogen and oxygen atoms in total. The maximum absolute atomic E-state index is 6.06. The van der Waals surface area contributed by atoms with Crippen LogP contribution in [0.2, 0.25) is 0 Å². The monoisotopic (exact) mass is 326 g/mol. The predicted octanol–water partition coefficient (Wildman–Crippen LogP) is 4.58. The number of rotatable bonds is 2. The lowest BCUT2D eigenvalue weighted by atomic mass is 9.90. The van der Waals surface area contributed by atoms with Crippen LogP contribution in [0.3, 0.4) is 0 Å². The van der Waals surface area contributed by atoms with Crippen molar-refractivity contribution in [1.82, 2.24) is 5.32 Å². The van der Waals surface area contributed by atoms with Crippen LogP contribution >= 0.6 is 12.2 Å². The van der Waals surface area contributed by atoms with Gasteiger partial charge in [-0.3, -0.25) is 0 Å². The van der Waals surface area contributed by atoms with Gasteiger partial charge in [0, 0.05) is 17.7 Å². The number of aryl methyl sites for hydroxylation is 1. The second-order valence-electron chi connectivity index (χ2n) is 6.62. The minimum absolute atomic E-state index is 0.139. The van der Waals surface area contributed by atoms with Crippen molar-refractivity contribution >= 4 is 23.0 Å². The SMILES string of the molecule is Cc1cccc(NC(=S)N[C@H]2CC(C)(C)Oc3ccccc32)c1. The first-order valence-corrected chi connectivity index (χ1v) is 8.26. The summed E-state index contributed by atoms with van der Waals surface area (Å²) in [4.78, 5) is 0. The quantitative estimate of drug-likeness (QED) is 0.791. The van der Waals surface area contributed by atoms with E-state index in [1.54, 1.807) is 0 Å². The van der Waals surface area contributed by atoms with Gasteiger partial charge in [0.2, 0.25) is 0 Å². The van der Waals surface area contributed by atoms with Gasteiger partial charge in [-0.1, -0.05) is 30.3 Å². The van der Waals surface area contributed by atoms with E-state index in [2.05, 4.69) is 49.6 Å². The van der Waals surface area contributed by atoms with Gasteiger partial charge in [0.15, 0.2) is 5.11 Å². The standard InChI is InChI=1S/C19H22N2OS/c1-13-7-6-8-14(11-13)20-18(23)21-16-12-19(2,3)22-17-10-5-4-9-15(16)17/h4-11,16H,12H2,1-3H3,(H2,20,21,23)/t16-/m0/s1. The maximum Gasteiger partial charge on any atom is 0.171 e. The topological polar surface area (TPSA) is 33.3 Å². The van der Waals surface area contributed by atoms with Crippen LogP contribution in [0.4, 0.5) is 5.69 Å². The molecule has 0 fully saturated rings. The molecule has 2 aromatic rings. The fraction of sp³-hybridized carbons (Fsp3) is 0.316. The Hall–Kier alpha value is -2.07. The van der Waals surface area contributed by atoms with E-state index in [1.165, 1.54) is 5.56 Å². The molecular weight excluding hydrogens is 304 g/mol. The van der Waals surface area contributed by atoms with E-state index in [0.29, 0.717) is 5.11 Å². The zero-order valence-corrected chi connectivity index (χ0v) is 14.5. The molecule has 120 valence electrons. The zero-order valence-electron chi connectivity index (χ0n) is 13.7. The van der Waals surface area contributed by atoms with Crippen molar-refractivity contribution in [3.05, 3.63) is 59.7 Å². The molecule has 1 heterocycles. The molecule has 1 aliphatic heterocycles. The van der Waals surface area contributed by atoms with Gasteiger partial charge >= 0.3 is 0 Å². The lowest BCUT2D eigenvalue weighted by Crippen LogP contribution is -2.42. The second kappa shape index (κ2) is 6.20. The number of benzene rings is 2. The summed E-state index contributed by atoms with van der Waals surface area (Å²) in [5.41, 5.74) is 3.14. The molecule has 0 aromatic heterocycles. The van der Waals surface area contributed by atoms with E-state index < -0.39 is 0 Å². The Balaban J connectivity index is 1.75. The third-order valence-electron chi connectivity index (χ3n) is 3.96. The summed E-state index contributed by atoms with van der Waals surface area (Å²) in [5.74, 6) is 0.930. The van der Waals surface area contributed by atoms with Gasteiger partial charge in [-0.25, -0.2) is 0 Å². The van der Waals surface area contributed by atoms with Gasteiger partial charge in [-0.2, -0.15) is 0 Å². The molecule has 0 aliphatic carbocycles. The van der Waals surface area contributed by atoms with Crippen LogP contribution in [-0.2, 0) is 0 Å². The molecule has 1 atom stereocenters. The highest BCUT2D eigenvalue weighted by Gasteiger charge is 2.33. The molecule has 4 heteroatoms. The normalized spacial score (nSPS) is 18.5. The molecule has 0 amide bonds. The van der Waals surface area contributed by atoms with Crippen LogP contribution in [0.25, 0.3) is 0 Å². The summed E-state index contributed by atoms with van der Waals surface area (Å²) >= 11 is 5.50. The number of anilines is 1. The van der Waals surface area contributed by atoms with Crippen LogP contribution < -0.4 is 15.4 Å². The van der Waals surface area contributed by atoms with Crippen molar-refractivity contribution in [2.45, 2.75) is 38.8 Å². The third kappa shape index (κ3) is 3.82. The molecular formula is C19H22N2OS. The number of nitrogens with one attached hydrogen (secondary N) is 2. The molecule has 0 radical (unpaired) electrons. The number of hydrogen-bond donors (Lipinski definition) is 2. The molecule has 0 bridgehead atoms. The fourth-order valence-corrected chi connectivity index (χ4v) is 3.24. The first kappa shape index (κ1) is 15.8. The van der Waals surface area contributed by atoms with Crippen molar-refractivity contribution in [3.63, 3.8) is 0 Å². The minimum atomic E-state index is -0.217. The Morgan fingerprint density at radius 3 is 2.74 bits per heavy atom. The summed E-state index contributed by atoms with van der Waals surface area (Å²) in [6, 6.07) is 16.5. The van der Waals surface area contributed by atoms with Crippen molar-refractivity contribution < 1.29 is 4.74 Å². The van der Waals surface area contributed by atoms with Gasteiger partial charge in [-0.05, 0) is 56.8 Å². The molecule has 0 spiro atoms. The maximum atomic E-state index is 6.06. The van der Waals surface area contributed by atoms with Gasteiger partial charge in [0.25, 0.3) is 0 Å². The van der Waals surface area contributed by atoms with Crippen molar-refractivity contribution in [2.24, 2.45) is 0 Å². The molecule has 23 heavy (non-hydrogen) atoms. The Kier molecular flexibility index (Phi) is 4.26. The average molecular weight is 326 g/mol. The largest absolute Gasteiger partial charge is 0.487 e. The van der Waals surface area contributed by atoms with E-state index in [-0.39, 0.29) is 11.6 Å². The van der Waals surface area contributed by atoms with Gasteiger partial charge in [-0.15, -0.1) is 0 Å². The van der Waals surface area contributed by atoms with E-state index in [0.717, 1.165) is 23.4 Å². The van der Waals surface area contributed by atoms with Crippen molar-refractivity contribution in [1.29, 1.82) is 0 Å². The average Bonchev–Trinajstić information content (AvgIpc) is 2.46. The highest BCUT2D eigenvalue weighted by Crippen LogP contribution is 2.39. The highest BCUT2D eigenvalue weighted by atomic mass is 32.1. The molecule has 0 saturated carbocycles. The number of ether oxygens (including phenoxy) is 1. The second-order valence-corrected chi connectivity index (χ2v) is 7.03. The van der Waals surface area contributed by atoms with Crippen molar-refractivity contribution in [3.8, 4) is 5.75 Å². The van der Waals surface area contributed by atoms with E-state index in [1.807, 2.05) is 30.3 Å². The van der Waals surface area contributed by atoms with Crippen LogP contribution in [0, 0.1) is 6.92 Å². The van der Waals surface area contributed by atoms with Crippen molar-refractivity contribution in [2.75, 3.05) is 5.32 Å². The lowest BCUT2D eigenvalue weighted by molar-refractivity contribution is 0.0697. The summed E-state index contributed by atoms with van der Waals surface area (Å²) in [7, 11) is 0. The number of fused-ring (bicyclic) bond motifs is 1. The summed E-state index contributed by atoms with van der Waals surface area (Å²) < 4.78 is 6.06. The lowest BCUT2D eigenvalue weighted by Gasteiger charge is -2.38. The summed E-state index contributed by atoms with van der Waals surface area (Å²) in [5, 5.41) is 7.34. The number of para-hydroxylation sites is 1. The van der Waals surface area contributed by atoms with E-state index >= 15 is 0 Å². The Bertz CT molecular complexity index is 727. The van der Waals surface area contributed by atoms with Crippen LogP contribution in [0.1, 0.15) is 37.4 Å². The summed E-state index contributed by atoms with van der Waals surface area (Å²) in [6.07, 6.45) is 0.861. The van der Waals surface area contributed by atoms with E-state index in [4.69, 9.17) is 17.0 Å². The Morgan fingerprint density at radius 2 is 1.96 bits per heavy atom. The van der Waals surface area contributed by atoms with Gasteiger partial charge in [0.1, 0.15) is 11.4 Å². The molecule has 0 unspecified atom stereocenters.